The second kappa shape index (κ2) is 11.2. The molecule has 2 aromatic carbocycles. The summed E-state index contributed by atoms with van der Waals surface area (Å²) in [6.07, 6.45) is 8.98. The zero-order chi connectivity index (χ0) is 20.3. The fourth-order valence-electron chi connectivity index (χ4n) is 3.86. The average molecular weight is 395 g/mol. The number of carbonyl (C=O) groups excluding carboxylic acids is 2. The summed E-state index contributed by atoms with van der Waals surface area (Å²) >= 11 is 0. The highest BCUT2D eigenvalue weighted by Crippen LogP contribution is 2.29. The average Bonchev–Trinajstić information content (AvgIpc) is 2.78. The van der Waals surface area contributed by atoms with Crippen molar-refractivity contribution in [2.75, 3.05) is 6.61 Å². The topological polar surface area (TPSA) is 67.4 Å². The van der Waals surface area contributed by atoms with Crippen molar-refractivity contribution in [1.82, 2.24) is 10.9 Å². The largest absolute Gasteiger partial charge is 0.483 e. The molecule has 1 aliphatic carbocycles. The number of hydrogen-bond donors (Lipinski definition) is 2. The summed E-state index contributed by atoms with van der Waals surface area (Å²) in [5.41, 5.74) is 6.87. The van der Waals surface area contributed by atoms with E-state index in [0.29, 0.717) is 12.2 Å². The molecule has 1 aliphatic rings. The van der Waals surface area contributed by atoms with E-state index in [4.69, 9.17) is 4.74 Å². The molecule has 0 aliphatic heterocycles. The van der Waals surface area contributed by atoms with Crippen LogP contribution in [0.4, 0.5) is 0 Å². The highest BCUT2D eigenvalue weighted by molar-refractivity contribution is 5.83. The van der Waals surface area contributed by atoms with Gasteiger partial charge in [-0.05, 0) is 30.4 Å². The molecule has 5 nitrogen and oxygen atoms in total. The Hall–Kier alpha value is -2.82. The predicted octanol–water partition coefficient (Wildman–Crippen LogP) is 4.63. The Morgan fingerprint density at radius 2 is 1.55 bits per heavy atom. The fourth-order valence-corrected chi connectivity index (χ4v) is 3.86. The molecule has 0 heterocycles. The van der Waals surface area contributed by atoms with E-state index < -0.39 is 0 Å². The van der Waals surface area contributed by atoms with Crippen molar-refractivity contribution in [2.45, 2.75) is 51.4 Å². The molecule has 29 heavy (non-hydrogen) atoms. The molecule has 0 atom stereocenters. The highest BCUT2D eigenvalue weighted by atomic mass is 16.5. The third kappa shape index (κ3) is 6.93. The lowest BCUT2D eigenvalue weighted by molar-refractivity contribution is -0.130. The van der Waals surface area contributed by atoms with Gasteiger partial charge in [0.05, 0.1) is 0 Å². The summed E-state index contributed by atoms with van der Waals surface area (Å²) in [5, 5.41) is 0. The van der Waals surface area contributed by atoms with Gasteiger partial charge in [0.25, 0.3) is 5.91 Å². The number of hydrogen-bond acceptors (Lipinski definition) is 3. The number of rotatable bonds is 8. The first kappa shape index (κ1) is 20.9. The van der Waals surface area contributed by atoms with Crippen LogP contribution in [0.1, 0.15) is 51.4 Å². The maximum absolute atomic E-state index is 12.0. The summed E-state index contributed by atoms with van der Waals surface area (Å²) in [5.74, 6) is 0.865. The summed E-state index contributed by atoms with van der Waals surface area (Å²) in [6, 6.07) is 17.5. The van der Waals surface area contributed by atoms with Crippen molar-refractivity contribution in [3.8, 4) is 16.9 Å². The van der Waals surface area contributed by atoms with E-state index in [1.807, 2.05) is 54.6 Å². The minimum atomic E-state index is -0.381. The summed E-state index contributed by atoms with van der Waals surface area (Å²) < 4.78 is 5.68. The van der Waals surface area contributed by atoms with Crippen molar-refractivity contribution < 1.29 is 14.3 Å². The number of ether oxygens (including phenoxy) is 1. The molecule has 5 heteroatoms. The van der Waals surface area contributed by atoms with Crippen LogP contribution in [0.25, 0.3) is 11.1 Å². The van der Waals surface area contributed by atoms with Gasteiger partial charge in [-0.25, -0.2) is 0 Å². The molecule has 154 valence electrons. The van der Waals surface area contributed by atoms with Gasteiger partial charge in [0.1, 0.15) is 5.75 Å². The number of nitrogens with one attached hydrogen (secondary N) is 2. The van der Waals surface area contributed by atoms with Crippen LogP contribution in [-0.4, -0.2) is 18.4 Å². The maximum atomic E-state index is 12.0. The summed E-state index contributed by atoms with van der Waals surface area (Å²) in [4.78, 5) is 24.0. The van der Waals surface area contributed by atoms with Crippen LogP contribution in [-0.2, 0) is 9.59 Å². The lowest BCUT2D eigenvalue weighted by Gasteiger charge is -2.21. The first-order valence-electron chi connectivity index (χ1n) is 10.6. The Kier molecular flexibility index (Phi) is 8.11. The Morgan fingerprint density at radius 1 is 0.862 bits per heavy atom. The lowest BCUT2D eigenvalue weighted by Crippen LogP contribution is -2.43. The van der Waals surface area contributed by atoms with E-state index in [1.54, 1.807) is 0 Å². The van der Waals surface area contributed by atoms with Crippen LogP contribution in [0.2, 0.25) is 0 Å². The van der Waals surface area contributed by atoms with Crippen molar-refractivity contribution in [3.05, 3.63) is 54.6 Å². The molecular weight excluding hydrogens is 364 g/mol. The second-order valence-electron chi connectivity index (χ2n) is 7.64. The van der Waals surface area contributed by atoms with Crippen molar-refractivity contribution in [1.29, 1.82) is 0 Å². The molecule has 0 aromatic heterocycles. The van der Waals surface area contributed by atoms with Gasteiger partial charge in [-0.3, -0.25) is 20.4 Å². The second-order valence-corrected chi connectivity index (χ2v) is 7.64. The van der Waals surface area contributed by atoms with Gasteiger partial charge in [-0.15, -0.1) is 0 Å². The zero-order valence-electron chi connectivity index (χ0n) is 16.9. The quantitative estimate of drug-likeness (QED) is 0.642. The zero-order valence-corrected chi connectivity index (χ0v) is 16.9. The fraction of sp³-hybridized carbons (Fsp3) is 0.417. The van der Waals surface area contributed by atoms with Crippen LogP contribution < -0.4 is 15.6 Å². The predicted molar refractivity (Wildman–Crippen MR) is 114 cm³/mol. The molecule has 0 saturated heterocycles. The Balaban J connectivity index is 1.37. The number of carbonyl (C=O) groups is 2. The molecule has 0 radical (unpaired) electrons. The molecule has 1 saturated carbocycles. The molecule has 0 unspecified atom stereocenters. The van der Waals surface area contributed by atoms with Gasteiger partial charge in [0.2, 0.25) is 5.91 Å². The van der Waals surface area contributed by atoms with E-state index in [2.05, 4.69) is 10.9 Å². The Bertz CT molecular complexity index is 786. The van der Waals surface area contributed by atoms with Gasteiger partial charge in [0, 0.05) is 12.0 Å². The standard InChI is InChI=1S/C24H30N2O3/c27-23(17-9-12-19-10-3-1-4-11-19)25-26-24(28)18-29-22-16-8-7-15-21(22)20-13-5-2-6-14-20/h2,5-8,13-16,19H,1,3-4,9-12,17-18H2,(H,25,27)(H,26,28). The third-order valence-electron chi connectivity index (χ3n) is 5.41. The van der Waals surface area contributed by atoms with Gasteiger partial charge in [0.15, 0.2) is 6.61 Å². The van der Waals surface area contributed by atoms with Crippen LogP contribution in [0.3, 0.4) is 0 Å². The molecule has 3 rings (SSSR count). The molecule has 1 fully saturated rings. The van der Waals surface area contributed by atoms with E-state index in [1.165, 1.54) is 32.1 Å². The summed E-state index contributed by atoms with van der Waals surface area (Å²) in [7, 11) is 0. The Labute approximate surface area is 172 Å². The van der Waals surface area contributed by atoms with Crippen LogP contribution in [0.5, 0.6) is 5.75 Å². The van der Waals surface area contributed by atoms with Gasteiger partial charge < -0.3 is 4.74 Å². The van der Waals surface area contributed by atoms with Crippen molar-refractivity contribution >= 4 is 11.8 Å². The minimum absolute atomic E-state index is 0.154. The van der Waals surface area contributed by atoms with Crippen molar-refractivity contribution in [2.24, 2.45) is 5.92 Å². The lowest BCUT2D eigenvalue weighted by atomic mass is 9.86. The number of amides is 2. The van der Waals surface area contributed by atoms with Crippen molar-refractivity contribution in [3.63, 3.8) is 0 Å². The number of benzene rings is 2. The normalized spacial score (nSPS) is 14.2. The van der Waals surface area contributed by atoms with E-state index in [-0.39, 0.29) is 18.4 Å². The molecular formula is C24H30N2O3. The van der Waals surface area contributed by atoms with Gasteiger partial charge in [-0.1, -0.05) is 80.6 Å². The van der Waals surface area contributed by atoms with E-state index in [9.17, 15) is 9.59 Å². The van der Waals surface area contributed by atoms with E-state index >= 15 is 0 Å². The smallest absolute Gasteiger partial charge is 0.276 e. The maximum Gasteiger partial charge on any atom is 0.276 e. The first-order chi connectivity index (χ1) is 14.2. The molecule has 2 N–H and O–H groups in total. The summed E-state index contributed by atoms with van der Waals surface area (Å²) in [6.45, 7) is -0.161. The van der Waals surface area contributed by atoms with Crippen LogP contribution in [0.15, 0.2) is 54.6 Å². The highest BCUT2D eigenvalue weighted by Gasteiger charge is 2.14. The SMILES string of the molecule is O=C(CCCC1CCCCC1)NNC(=O)COc1ccccc1-c1ccccc1. The monoisotopic (exact) mass is 394 g/mol. The number of hydrazine groups is 1. The molecule has 0 spiro atoms. The third-order valence-corrected chi connectivity index (χ3v) is 5.41. The van der Waals surface area contributed by atoms with Crippen LogP contribution >= 0.6 is 0 Å². The molecule has 2 amide bonds. The molecule has 0 bridgehead atoms. The van der Waals surface area contributed by atoms with Gasteiger partial charge in [-0.2, -0.15) is 0 Å². The Morgan fingerprint density at radius 3 is 2.34 bits per heavy atom. The number of para-hydroxylation sites is 1. The first-order valence-corrected chi connectivity index (χ1v) is 10.6. The molecule has 2 aromatic rings. The van der Waals surface area contributed by atoms with E-state index in [0.717, 1.165) is 29.9 Å². The van der Waals surface area contributed by atoms with Gasteiger partial charge >= 0.3 is 0 Å². The van der Waals surface area contributed by atoms with Crippen LogP contribution in [0, 0.1) is 5.92 Å². The minimum Gasteiger partial charge on any atom is -0.483 e.